The van der Waals surface area contributed by atoms with Gasteiger partial charge in [-0.3, -0.25) is 0 Å². The van der Waals surface area contributed by atoms with Crippen LogP contribution in [0.3, 0.4) is 0 Å². The smallest absolute Gasteiger partial charge is 0.172 e. The van der Waals surface area contributed by atoms with Crippen molar-refractivity contribution < 1.29 is 5.21 Å². The summed E-state index contributed by atoms with van der Waals surface area (Å²) in [5.74, 6) is 0.0928. The number of anilines is 1. The molecule has 1 aliphatic rings. The zero-order valence-electron chi connectivity index (χ0n) is 10.7. The molecular formula is C13H18ClN3O. The second-order valence-corrected chi connectivity index (χ2v) is 5.65. The quantitative estimate of drug-likeness (QED) is 0.375. The number of nitrogens with zero attached hydrogens (tertiary/aromatic N) is 2. The molecule has 1 saturated heterocycles. The Bertz CT molecular complexity index is 485. The molecule has 0 aliphatic carbocycles. The SMILES string of the molecule is CC1(C)CCCN1c1ccc(Cl)cc1C(N)=NO. The van der Waals surface area contributed by atoms with Crippen molar-refractivity contribution in [2.24, 2.45) is 10.9 Å². The van der Waals surface area contributed by atoms with Crippen LogP contribution in [0.4, 0.5) is 5.69 Å². The van der Waals surface area contributed by atoms with Gasteiger partial charge in [-0.05, 0) is 44.9 Å². The van der Waals surface area contributed by atoms with Gasteiger partial charge in [-0.15, -0.1) is 0 Å². The van der Waals surface area contributed by atoms with E-state index in [1.165, 1.54) is 0 Å². The monoisotopic (exact) mass is 267 g/mol. The average Bonchev–Trinajstić information content (AvgIpc) is 2.68. The summed E-state index contributed by atoms with van der Waals surface area (Å²) in [6.07, 6.45) is 2.27. The number of halogens is 1. The van der Waals surface area contributed by atoms with Crippen LogP contribution in [0, 0.1) is 0 Å². The van der Waals surface area contributed by atoms with Crippen molar-refractivity contribution >= 4 is 23.1 Å². The molecule has 4 nitrogen and oxygen atoms in total. The highest BCUT2D eigenvalue weighted by atomic mass is 35.5. The van der Waals surface area contributed by atoms with Crippen molar-refractivity contribution in [2.75, 3.05) is 11.4 Å². The molecular weight excluding hydrogens is 250 g/mol. The summed E-state index contributed by atoms with van der Waals surface area (Å²) in [6.45, 7) is 5.37. The molecule has 1 fully saturated rings. The van der Waals surface area contributed by atoms with Crippen LogP contribution >= 0.6 is 11.6 Å². The second kappa shape index (κ2) is 4.69. The Balaban J connectivity index is 2.51. The van der Waals surface area contributed by atoms with E-state index < -0.39 is 0 Å². The Labute approximate surface area is 112 Å². The van der Waals surface area contributed by atoms with Crippen LogP contribution in [0.1, 0.15) is 32.3 Å². The molecule has 0 saturated carbocycles. The summed E-state index contributed by atoms with van der Waals surface area (Å²) in [7, 11) is 0. The molecule has 0 radical (unpaired) electrons. The minimum Gasteiger partial charge on any atom is -0.409 e. The molecule has 0 aromatic heterocycles. The van der Waals surface area contributed by atoms with E-state index in [1.807, 2.05) is 12.1 Å². The Morgan fingerprint density at radius 1 is 1.50 bits per heavy atom. The minimum absolute atomic E-state index is 0.0817. The van der Waals surface area contributed by atoms with E-state index in [-0.39, 0.29) is 11.4 Å². The van der Waals surface area contributed by atoms with Crippen molar-refractivity contribution in [3.63, 3.8) is 0 Å². The lowest BCUT2D eigenvalue weighted by molar-refractivity contribution is 0.318. The van der Waals surface area contributed by atoms with Crippen LogP contribution in [0.5, 0.6) is 0 Å². The largest absolute Gasteiger partial charge is 0.409 e. The first-order valence-electron chi connectivity index (χ1n) is 6.01. The van der Waals surface area contributed by atoms with E-state index in [1.54, 1.807) is 6.07 Å². The molecule has 0 amide bonds. The van der Waals surface area contributed by atoms with Crippen LogP contribution in [-0.4, -0.2) is 23.1 Å². The maximum Gasteiger partial charge on any atom is 0.172 e. The van der Waals surface area contributed by atoms with Crippen molar-refractivity contribution in [3.8, 4) is 0 Å². The highest BCUT2D eigenvalue weighted by molar-refractivity contribution is 6.31. The Morgan fingerprint density at radius 2 is 2.22 bits per heavy atom. The summed E-state index contributed by atoms with van der Waals surface area (Å²) in [5, 5.41) is 12.5. The highest BCUT2D eigenvalue weighted by Gasteiger charge is 2.33. The zero-order valence-corrected chi connectivity index (χ0v) is 11.4. The van der Waals surface area contributed by atoms with Gasteiger partial charge in [0.15, 0.2) is 5.84 Å². The Hall–Kier alpha value is -1.42. The van der Waals surface area contributed by atoms with Crippen molar-refractivity contribution in [2.45, 2.75) is 32.2 Å². The predicted molar refractivity (Wildman–Crippen MR) is 74.6 cm³/mol. The second-order valence-electron chi connectivity index (χ2n) is 5.21. The van der Waals surface area contributed by atoms with Crippen molar-refractivity contribution in [1.29, 1.82) is 0 Å². The number of benzene rings is 1. The molecule has 0 spiro atoms. The highest BCUT2D eigenvalue weighted by Crippen LogP contribution is 2.36. The fraction of sp³-hybridized carbons (Fsp3) is 0.462. The molecule has 1 aromatic carbocycles. The molecule has 0 unspecified atom stereocenters. The van der Waals surface area contributed by atoms with Crippen molar-refractivity contribution in [3.05, 3.63) is 28.8 Å². The molecule has 1 aromatic rings. The lowest BCUT2D eigenvalue weighted by atomic mass is 10.0. The first kappa shape index (κ1) is 13.0. The van der Waals surface area contributed by atoms with Crippen LogP contribution in [0.15, 0.2) is 23.4 Å². The van der Waals surface area contributed by atoms with E-state index in [2.05, 4.69) is 23.9 Å². The summed E-state index contributed by atoms with van der Waals surface area (Å²) in [6, 6.07) is 5.50. The van der Waals surface area contributed by atoms with Gasteiger partial charge in [0.25, 0.3) is 0 Å². The standard InChI is InChI=1S/C13H18ClN3O/c1-13(2)6-3-7-17(13)11-5-4-9(14)8-10(11)12(15)16-18/h4-5,8,18H,3,6-7H2,1-2H3,(H2,15,16). The fourth-order valence-electron chi connectivity index (χ4n) is 2.56. The van der Waals surface area contributed by atoms with Gasteiger partial charge in [0.1, 0.15) is 0 Å². The third-order valence-corrected chi connectivity index (χ3v) is 3.77. The third-order valence-electron chi connectivity index (χ3n) is 3.53. The molecule has 98 valence electrons. The first-order valence-corrected chi connectivity index (χ1v) is 6.38. The van der Waals surface area contributed by atoms with Crippen LogP contribution in [0.2, 0.25) is 5.02 Å². The third kappa shape index (κ3) is 2.25. The summed E-state index contributed by atoms with van der Waals surface area (Å²) < 4.78 is 0. The maximum absolute atomic E-state index is 8.88. The molecule has 18 heavy (non-hydrogen) atoms. The number of hydrogen-bond donors (Lipinski definition) is 2. The maximum atomic E-state index is 8.88. The number of hydrogen-bond acceptors (Lipinski definition) is 3. The zero-order chi connectivity index (χ0) is 13.3. The van der Waals surface area contributed by atoms with Gasteiger partial charge < -0.3 is 15.8 Å². The van der Waals surface area contributed by atoms with Crippen LogP contribution < -0.4 is 10.6 Å². The van der Waals surface area contributed by atoms with Gasteiger partial charge >= 0.3 is 0 Å². The van der Waals surface area contributed by atoms with Gasteiger partial charge in [-0.25, -0.2) is 0 Å². The van der Waals surface area contributed by atoms with E-state index in [4.69, 9.17) is 22.5 Å². The number of oxime groups is 1. The number of nitrogens with two attached hydrogens (primary N) is 1. The normalized spacial score (nSPS) is 19.3. The van der Waals surface area contributed by atoms with Crippen molar-refractivity contribution in [1.82, 2.24) is 0 Å². The van der Waals surface area contributed by atoms with Gasteiger partial charge in [-0.2, -0.15) is 0 Å². The number of amidine groups is 1. The van der Waals surface area contributed by atoms with Crippen LogP contribution in [0.25, 0.3) is 0 Å². The first-order chi connectivity index (χ1) is 8.45. The van der Waals surface area contributed by atoms with Gasteiger partial charge in [-0.1, -0.05) is 16.8 Å². The molecule has 0 bridgehead atoms. The predicted octanol–water partition coefficient (Wildman–Crippen LogP) is 2.81. The molecule has 1 heterocycles. The van der Waals surface area contributed by atoms with Gasteiger partial charge in [0.05, 0.1) is 0 Å². The topological polar surface area (TPSA) is 61.8 Å². The lowest BCUT2D eigenvalue weighted by Gasteiger charge is -2.35. The molecule has 2 rings (SSSR count). The molecule has 5 heteroatoms. The van der Waals surface area contributed by atoms with E-state index in [9.17, 15) is 0 Å². The van der Waals surface area contributed by atoms with E-state index >= 15 is 0 Å². The fourth-order valence-corrected chi connectivity index (χ4v) is 2.73. The van der Waals surface area contributed by atoms with Gasteiger partial charge in [0, 0.05) is 28.4 Å². The summed E-state index contributed by atoms with van der Waals surface area (Å²) in [5.41, 5.74) is 7.47. The molecule has 0 atom stereocenters. The van der Waals surface area contributed by atoms with Gasteiger partial charge in [0.2, 0.25) is 0 Å². The average molecular weight is 268 g/mol. The van der Waals surface area contributed by atoms with E-state index in [0.29, 0.717) is 10.6 Å². The number of rotatable bonds is 2. The van der Waals surface area contributed by atoms with Crippen LogP contribution in [-0.2, 0) is 0 Å². The summed E-state index contributed by atoms with van der Waals surface area (Å²) in [4.78, 5) is 2.29. The lowest BCUT2D eigenvalue weighted by Crippen LogP contribution is -2.39. The minimum atomic E-state index is 0.0817. The Kier molecular flexibility index (Phi) is 3.39. The molecule has 3 N–H and O–H groups in total. The Morgan fingerprint density at radius 3 is 2.78 bits per heavy atom. The molecule has 1 aliphatic heterocycles. The summed E-state index contributed by atoms with van der Waals surface area (Å²) >= 11 is 5.98. The van der Waals surface area contributed by atoms with E-state index in [0.717, 1.165) is 25.1 Å².